The molecule has 0 spiro atoms. The maximum atomic E-state index is 9.64. The molecule has 6 heterocycles. The van der Waals surface area contributed by atoms with E-state index in [1.165, 1.54) is 0 Å². The highest BCUT2D eigenvalue weighted by Gasteiger charge is 2.23. The Bertz CT molecular complexity index is 1590. The molecular weight excluding hydrogens is 468 g/mol. The van der Waals surface area contributed by atoms with Crippen LogP contribution in [0.3, 0.4) is 0 Å². The number of hydrogen-bond acceptors (Lipinski definition) is 9. The van der Waals surface area contributed by atoms with Gasteiger partial charge in [-0.2, -0.15) is 20.6 Å². The quantitative estimate of drug-likeness (QED) is 0.364. The summed E-state index contributed by atoms with van der Waals surface area (Å²) >= 11 is 0. The number of nitrogens with zero attached hydrogens (tertiary/aromatic N) is 10. The van der Waals surface area contributed by atoms with Crippen LogP contribution in [0.25, 0.3) is 28.0 Å². The molecule has 1 aliphatic rings. The molecule has 184 valence electrons. The third-order valence-electron chi connectivity index (χ3n) is 6.47. The highest BCUT2D eigenvalue weighted by molar-refractivity contribution is 5.83. The number of ether oxygens (including phenoxy) is 1. The summed E-state index contributed by atoms with van der Waals surface area (Å²) in [5.74, 6) is 1.46. The molecule has 11 heteroatoms. The third kappa shape index (κ3) is 4.45. The predicted octanol–water partition coefficient (Wildman–Crippen LogP) is 3.21. The number of aromatic nitrogens is 8. The maximum absolute atomic E-state index is 9.64. The van der Waals surface area contributed by atoms with Crippen molar-refractivity contribution in [2.24, 2.45) is 7.05 Å². The number of pyridine rings is 1. The maximum Gasteiger partial charge on any atom is 0.233 e. The average Bonchev–Trinajstić information content (AvgIpc) is 3.56. The highest BCUT2D eigenvalue weighted by Crippen LogP contribution is 2.30. The number of aryl methyl sites for hydroxylation is 2. The van der Waals surface area contributed by atoms with Crippen molar-refractivity contribution in [3.8, 4) is 34.5 Å². The van der Waals surface area contributed by atoms with Crippen LogP contribution < -0.4 is 9.64 Å². The van der Waals surface area contributed by atoms with Crippen LogP contribution in [-0.2, 0) is 7.05 Å². The first-order chi connectivity index (χ1) is 18.1. The molecule has 0 amide bonds. The molecule has 1 aliphatic heterocycles. The van der Waals surface area contributed by atoms with E-state index in [2.05, 4.69) is 31.4 Å². The fraction of sp³-hybridized carbons (Fsp3) is 0.269. The zero-order valence-electron chi connectivity index (χ0n) is 20.5. The second-order valence-electron chi connectivity index (χ2n) is 9.06. The van der Waals surface area contributed by atoms with Crippen LogP contribution >= 0.6 is 0 Å². The van der Waals surface area contributed by atoms with E-state index in [4.69, 9.17) is 14.7 Å². The Kier molecular flexibility index (Phi) is 5.69. The first-order valence-corrected chi connectivity index (χ1v) is 12.0. The van der Waals surface area contributed by atoms with E-state index in [1.807, 2.05) is 56.8 Å². The Labute approximate surface area is 213 Å². The Balaban J connectivity index is 1.23. The van der Waals surface area contributed by atoms with Crippen molar-refractivity contribution in [3.05, 3.63) is 66.5 Å². The molecule has 37 heavy (non-hydrogen) atoms. The standard InChI is InChI=1S/C26H24N10O/c1-17-3-6-24(33-32-17)37-21-7-9-35(10-8-21)23-5-4-18(12-28-23)25-26-19(11-27)13-30-36(26)16-22(31-25)20-14-29-34(2)15-20/h3-6,12-16,21H,7-10H2,1-2H3. The monoisotopic (exact) mass is 492 g/mol. The number of hydrogen-bond donors (Lipinski definition) is 0. The van der Waals surface area contributed by atoms with Crippen LogP contribution in [0.1, 0.15) is 24.1 Å². The van der Waals surface area contributed by atoms with E-state index in [0.29, 0.717) is 28.3 Å². The summed E-state index contributed by atoms with van der Waals surface area (Å²) < 4.78 is 9.43. The van der Waals surface area contributed by atoms with Crippen LogP contribution in [0.2, 0.25) is 0 Å². The summed E-state index contributed by atoms with van der Waals surface area (Å²) in [4.78, 5) is 11.9. The normalized spacial score (nSPS) is 14.1. The number of piperidine rings is 1. The van der Waals surface area contributed by atoms with Gasteiger partial charge in [0.1, 0.15) is 29.1 Å². The molecular formula is C26H24N10O. The molecule has 6 rings (SSSR count). The summed E-state index contributed by atoms with van der Waals surface area (Å²) in [7, 11) is 1.86. The minimum Gasteiger partial charge on any atom is -0.473 e. The van der Waals surface area contributed by atoms with Gasteiger partial charge in [-0.3, -0.25) is 4.68 Å². The van der Waals surface area contributed by atoms with Crippen molar-refractivity contribution < 1.29 is 4.74 Å². The minimum absolute atomic E-state index is 0.103. The first kappa shape index (κ1) is 22.6. The number of fused-ring (bicyclic) bond motifs is 1. The lowest BCUT2D eigenvalue weighted by atomic mass is 10.1. The van der Waals surface area contributed by atoms with Crippen LogP contribution in [0.15, 0.2) is 55.2 Å². The highest BCUT2D eigenvalue weighted by atomic mass is 16.5. The molecule has 0 unspecified atom stereocenters. The molecule has 11 nitrogen and oxygen atoms in total. The van der Waals surface area contributed by atoms with Gasteiger partial charge in [0.05, 0.1) is 35.7 Å². The van der Waals surface area contributed by atoms with E-state index >= 15 is 0 Å². The summed E-state index contributed by atoms with van der Waals surface area (Å²) in [6, 6.07) is 9.98. The van der Waals surface area contributed by atoms with E-state index < -0.39 is 0 Å². The van der Waals surface area contributed by atoms with Gasteiger partial charge < -0.3 is 9.64 Å². The Morgan fingerprint density at radius 3 is 2.51 bits per heavy atom. The molecule has 0 radical (unpaired) electrons. The zero-order chi connectivity index (χ0) is 25.4. The van der Waals surface area contributed by atoms with Gasteiger partial charge in [0.15, 0.2) is 0 Å². The Morgan fingerprint density at radius 1 is 0.973 bits per heavy atom. The first-order valence-electron chi connectivity index (χ1n) is 12.0. The molecule has 5 aromatic heterocycles. The average molecular weight is 493 g/mol. The molecule has 0 aliphatic carbocycles. The second-order valence-corrected chi connectivity index (χ2v) is 9.06. The van der Waals surface area contributed by atoms with Gasteiger partial charge in [0.25, 0.3) is 0 Å². The SMILES string of the molecule is Cc1ccc(OC2CCN(c3ccc(-c4nc(-c5cnn(C)c5)cn5ncc(C#N)c45)cn3)CC2)nn1. The van der Waals surface area contributed by atoms with Gasteiger partial charge in [0.2, 0.25) is 5.88 Å². The number of anilines is 1. The second kappa shape index (κ2) is 9.31. The largest absolute Gasteiger partial charge is 0.473 e. The third-order valence-corrected chi connectivity index (χ3v) is 6.47. The lowest BCUT2D eigenvalue weighted by Crippen LogP contribution is -2.38. The summed E-state index contributed by atoms with van der Waals surface area (Å²) in [6.07, 6.45) is 10.7. The van der Waals surface area contributed by atoms with Gasteiger partial charge in [-0.1, -0.05) is 0 Å². The van der Waals surface area contributed by atoms with E-state index in [9.17, 15) is 5.26 Å². The molecule has 5 aromatic rings. The van der Waals surface area contributed by atoms with Gasteiger partial charge >= 0.3 is 0 Å². The minimum atomic E-state index is 0.103. The Morgan fingerprint density at radius 2 is 1.84 bits per heavy atom. The lowest BCUT2D eigenvalue weighted by Gasteiger charge is -2.32. The van der Waals surface area contributed by atoms with Crippen LogP contribution in [0, 0.1) is 18.3 Å². The summed E-state index contributed by atoms with van der Waals surface area (Å²) in [6.45, 7) is 3.56. The van der Waals surface area contributed by atoms with Crippen molar-refractivity contribution in [2.75, 3.05) is 18.0 Å². The smallest absolute Gasteiger partial charge is 0.233 e. The number of nitriles is 1. The molecule has 1 saturated heterocycles. The van der Waals surface area contributed by atoms with Crippen LogP contribution in [0.5, 0.6) is 5.88 Å². The van der Waals surface area contributed by atoms with Gasteiger partial charge in [-0.25, -0.2) is 14.5 Å². The Hall–Kier alpha value is -4.85. The van der Waals surface area contributed by atoms with Crippen LogP contribution in [-0.4, -0.2) is 58.8 Å². The zero-order valence-corrected chi connectivity index (χ0v) is 20.5. The van der Waals surface area contributed by atoms with Gasteiger partial charge in [-0.05, 0) is 25.1 Å². The van der Waals surface area contributed by atoms with Gasteiger partial charge in [-0.15, -0.1) is 5.10 Å². The van der Waals surface area contributed by atoms with E-state index in [0.717, 1.165) is 48.6 Å². The summed E-state index contributed by atoms with van der Waals surface area (Å²) in [5, 5.41) is 26.4. The molecule has 0 aromatic carbocycles. The van der Waals surface area contributed by atoms with Crippen molar-refractivity contribution in [3.63, 3.8) is 0 Å². The van der Waals surface area contributed by atoms with Crippen molar-refractivity contribution in [1.29, 1.82) is 5.26 Å². The predicted molar refractivity (Wildman–Crippen MR) is 136 cm³/mol. The van der Waals surface area contributed by atoms with Gasteiger partial charge in [0, 0.05) is 62.6 Å². The van der Waals surface area contributed by atoms with E-state index in [1.54, 1.807) is 21.6 Å². The fourth-order valence-electron chi connectivity index (χ4n) is 4.53. The van der Waals surface area contributed by atoms with E-state index in [-0.39, 0.29) is 6.10 Å². The molecule has 0 atom stereocenters. The van der Waals surface area contributed by atoms with Crippen molar-refractivity contribution in [2.45, 2.75) is 25.9 Å². The topological polar surface area (TPSA) is 123 Å². The lowest BCUT2D eigenvalue weighted by molar-refractivity contribution is 0.162. The molecule has 1 fully saturated rings. The molecule has 0 N–H and O–H groups in total. The van der Waals surface area contributed by atoms with Crippen LogP contribution in [0.4, 0.5) is 5.82 Å². The van der Waals surface area contributed by atoms with Crippen molar-refractivity contribution >= 4 is 11.3 Å². The number of rotatable bonds is 5. The van der Waals surface area contributed by atoms with Crippen molar-refractivity contribution in [1.82, 2.24) is 39.6 Å². The summed E-state index contributed by atoms with van der Waals surface area (Å²) in [5.41, 5.74) is 5.03. The fourth-order valence-corrected chi connectivity index (χ4v) is 4.53. The molecule has 0 saturated carbocycles. The molecule has 0 bridgehead atoms.